The Balaban J connectivity index is 1.98. The highest BCUT2D eigenvalue weighted by Crippen LogP contribution is 2.19. The number of benzene rings is 2. The smallest absolute Gasteiger partial charge is 0.313 e. The van der Waals surface area contributed by atoms with Crippen LogP contribution >= 0.6 is 11.6 Å². The summed E-state index contributed by atoms with van der Waals surface area (Å²) in [6.07, 6.45) is 0.962. The summed E-state index contributed by atoms with van der Waals surface area (Å²) in [4.78, 5) is 24.1. The summed E-state index contributed by atoms with van der Waals surface area (Å²) in [7, 11) is 0. The molecule has 0 fully saturated rings. The topological polar surface area (TPSA) is 58.2 Å². The first-order valence-electron chi connectivity index (χ1n) is 7.87. The fourth-order valence-electron chi connectivity index (χ4n) is 2.33. The second-order valence-electron chi connectivity index (χ2n) is 5.70. The summed E-state index contributed by atoms with van der Waals surface area (Å²) < 4.78 is 0. The Labute approximate surface area is 147 Å². The number of rotatable bonds is 4. The predicted molar refractivity (Wildman–Crippen MR) is 97.2 cm³/mol. The zero-order valence-corrected chi connectivity index (χ0v) is 14.8. The van der Waals surface area contributed by atoms with Crippen molar-refractivity contribution in [3.63, 3.8) is 0 Å². The molecule has 0 aliphatic carbocycles. The van der Waals surface area contributed by atoms with Gasteiger partial charge in [0.25, 0.3) is 0 Å². The van der Waals surface area contributed by atoms with Crippen molar-refractivity contribution < 1.29 is 9.59 Å². The molecule has 0 aliphatic rings. The van der Waals surface area contributed by atoms with Crippen LogP contribution in [0, 0.1) is 6.92 Å². The monoisotopic (exact) mass is 344 g/mol. The van der Waals surface area contributed by atoms with Crippen LogP contribution in [-0.2, 0) is 16.0 Å². The van der Waals surface area contributed by atoms with Crippen LogP contribution in [0.5, 0.6) is 0 Å². The van der Waals surface area contributed by atoms with Gasteiger partial charge in [-0.05, 0) is 55.2 Å². The van der Waals surface area contributed by atoms with Gasteiger partial charge in [0.1, 0.15) is 0 Å². The minimum atomic E-state index is -0.697. The van der Waals surface area contributed by atoms with Gasteiger partial charge in [-0.15, -0.1) is 0 Å². The molecule has 2 aromatic carbocycles. The van der Waals surface area contributed by atoms with Crippen LogP contribution in [0.15, 0.2) is 42.5 Å². The van der Waals surface area contributed by atoms with Crippen molar-refractivity contribution >= 4 is 29.1 Å². The van der Waals surface area contributed by atoms with Gasteiger partial charge in [-0.25, -0.2) is 0 Å². The first-order valence-corrected chi connectivity index (χ1v) is 8.25. The Morgan fingerprint density at radius 3 is 2.33 bits per heavy atom. The van der Waals surface area contributed by atoms with E-state index in [2.05, 4.69) is 17.6 Å². The lowest BCUT2D eigenvalue weighted by molar-refractivity contribution is -0.136. The number of nitrogens with one attached hydrogen (secondary N) is 2. The summed E-state index contributed by atoms with van der Waals surface area (Å²) in [5.41, 5.74) is 3.55. The van der Waals surface area contributed by atoms with E-state index >= 15 is 0 Å². The molecule has 0 heterocycles. The lowest BCUT2D eigenvalue weighted by Crippen LogP contribution is -2.37. The Morgan fingerprint density at radius 2 is 1.75 bits per heavy atom. The van der Waals surface area contributed by atoms with Gasteiger partial charge in [0.15, 0.2) is 0 Å². The molecule has 126 valence electrons. The second-order valence-corrected chi connectivity index (χ2v) is 6.14. The maximum absolute atomic E-state index is 12.1. The van der Waals surface area contributed by atoms with Gasteiger partial charge in [-0.1, -0.05) is 42.8 Å². The van der Waals surface area contributed by atoms with E-state index < -0.39 is 11.8 Å². The lowest BCUT2D eigenvalue weighted by Gasteiger charge is -2.15. The standard InChI is InChI=1S/C19H21ClN2O2/c1-4-14-5-7-15(8-6-14)13(3)21-18(23)19(24)22-17-10-9-16(20)11-12(17)2/h5-11,13H,4H2,1-3H3,(H,21,23)(H,22,24). The zero-order chi connectivity index (χ0) is 17.7. The molecule has 24 heavy (non-hydrogen) atoms. The molecule has 1 unspecified atom stereocenters. The van der Waals surface area contributed by atoms with Crippen LogP contribution < -0.4 is 10.6 Å². The molecular weight excluding hydrogens is 324 g/mol. The van der Waals surface area contributed by atoms with E-state index in [1.165, 1.54) is 5.56 Å². The predicted octanol–water partition coefficient (Wildman–Crippen LogP) is 4.03. The number of hydrogen-bond donors (Lipinski definition) is 2. The SMILES string of the molecule is CCc1ccc(C(C)NC(=O)C(=O)Nc2ccc(Cl)cc2C)cc1. The molecule has 0 aromatic heterocycles. The Kier molecular flexibility index (Phi) is 5.99. The zero-order valence-electron chi connectivity index (χ0n) is 14.0. The number of aryl methyl sites for hydroxylation is 2. The summed E-state index contributed by atoms with van der Waals surface area (Å²) in [5.74, 6) is -1.37. The van der Waals surface area contributed by atoms with E-state index in [1.807, 2.05) is 38.1 Å². The maximum atomic E-state index is 12.1. The summed E-state index contributed by atoms with van der Waals surface area (Å²) in [5, 5.41) is 5.89. The van der Waals surface area contributed by atoms with Crippen molar-refractivity contribution in [3.05, 3.63) is 64.2 Å². The van der Waals surface area contributed by atoms with Crippen LogP contribution in [0.4, 0.5) is 5.69 Å². The Hall–Kier alpha value is -2.33. The van der Waals surface area contributed by atoms with Crippen LogP contribution in [0.3, 0.4) is 0 Å². The molecule has 0 aliphatic heterocycles. The third-order valence-corrected chi connectivity index (χ3v) is 4.11. The van der Waals surface area contributed by atoms with Crippen LogP contribution in [0.2, 0.25) is 5.02 Å². The van der Waals surface area contributed by atoms with E-state index in [4.69, 9.17) is 11.6 Å². The highest BCUT2D eigenvalue weighted by atomic mass is 35.5. The normalized spacial score (nSPS) is 11.7. The molecule has 0 spiro atoms. The molecule has 0 saturated carbocycles. The van der Waals surface area contributed by atoms with Gasteiger partial charge >= 0.3 is 11.8 Å². The quantitative estimate of drug-likeness (QED) is 0.823. The molecule has 2 aromatic rings. The molecular formula is C19H21ClN2O2. The highest BCUT2D eigenvalue weighted by Gasteiger charge is 2.18. The molecule has 2 amide bonds. The fourth-order valence-corrected chi connectivity index (χ4v) is 2.56. The largest absolute Gasteiger partial charge is 0.341 e. The number of amides is 2. The van der Waals surface area contributed by atoms with Crippen molar-refractivity contribution in [3.8, 4) is 0 Å². The number of anilines is 1. The molecule has 0 radical (unpaired) electrons. The van der Waals surface area contributed by atoms with Gasteiger partial charge in [-0.2, -0.15) is 0 Å². The summed E-state index contributed by atoms with van der Waals surface area (Å²) in [6, 6.07) is 12.8. The molecule has 2 rings (SSSR count). The van der Waals surface area contributed by atoms with E-state index in [-0.39, 0.29) is 6.04 Å². The van der Waals surface area contributed by atoms with Crippen LogP contribution in [0.25, 0.3) is 0 Å². The first kappa shape index (κ1) is 18.0. The average molecular weight is 345 g/mol. The number of carbonyl (C=O) groups excluding carboxylic acids is 2. The molecule has 1 atom stereocenters. The van der Waals surface area contributed by atoms with Gasteiger partial charge in [0.2, 0.25) is 0 Å². The lowest BCUT2D eigenvalue weighted by atomic mass is 10.0. The number of carbonyl (C=O) groups is 2. The van der Waals surface area contributed by atoms with Crippen molar-refractivity contribution in [2.24, 2.45) is 0 Å². The number of halogens is 1. The van der Waals surface area contributed by atoms with E-state index in [0.717, 1.165) is 17.5 Å². The van der Waals surface area contributed by atoms with Crippen molar-refractivity contribution in [2.75, 3.05) is 5.32 Å². The van der Waals surface area contributed by atoms with Crippen molar-refractivity contribution in [2.45, 2.75) is 33.2 Å². The third kappa shape index (κ3) is 4.59. The van der Waals surface area contributed by atoms with Gasteiger partial charge in [0, 0.05) is 10.7 Å². The Morgan fingerprint density at radius 1 is 1.08 bits per heavy atom. The van der Waals surface area contributed by atoms with Gasteiger partial charge in [0.05, 0.1) is 6.04 Å². The third-order valence-electron chi connectivity index (χ3n) is 3.88. The summed E-state index contributed by atoms with van der Waals surface area (Å²) >= 11 is 5.88. The molecule has 4 nitrogen and oxygen atoms in total. The van der Waals surface area contributed by atoms with Crippen molar-refractivity contribution in [1.82, 2.24) is 5.32 Å². The summed E-state index contributed by atoms with van der Waals surface area (Å²) in [6.45, 7) is 5.75. The molecule has 0 bridgehead atoms. The second kappa shape index (κ2) is 7.97. The van der Waals surface area contributed by atoms with Gasteiger partial charge in [-0.3, -0.25) is 9.59 Å². The van der Waals surface area contributed by atoms with E-state index in [1.54, 1.807) is 18.2 Å². The van der Waals surface area contributed by atoms with E-state index in [0.29, 0.717) is 10.7 Å². The first-order chi connectivity index (χ1) is 11.4. The number of hydrogen-bond acceptors (Lipinski definition) is 2. The average Bonchev–Trinajstić information content (AvgIpc) is 2.57. The molecule has 0 saturated heterocycles. The highest BCUT2D eigenvalue weighted by molar-refractivity contribution is 6.39. The minimum absolute atomic E-state index is 0.250. The van der Waals surface area contributed by atoms with E-state index in [9.17, 15) is 9.59 Å². The fraction of sp³-hybridized carbons (Fsp3) is 0.263. The molecule has 5 heteroatoms. The Bertz CT molecular complexity index is 742. The molecule has 2 N–H and O–H groups in total. The van der Waals surface area contributed by atoms with Crippen LogP contribution in [0.1, 0.15) is 36.6 Å². The maximum Gasteiger partial charge on any atom is 0.313 e. The van der Waals surface area contributed by atoms with Crippen molar-refractivity contribution in [1.29, 1.82) is 0 Å². The van der Waals surface area contributed by atoms with Gasteiger partial charge < -0.3 is 10.6 Å². The minimum Gasteiger partial charge on any atom is -0.341 e. The van der Waals surface area contributed by atoms with Crippen LogP contribution in [-0.4, -0.2) is 11.8 Å².